The third-order valence-electron chi connectivity index (χ3n) is 4.76. The van der Waals surface area contributed by atoms with Crippen molar-refractivity contribution in [3.8, 4) is 0 Å². The molecule has 2 aliphatic rings. The molecule has 0 saturated carbocycles. The first-order chi connectivity index (χ1) is 13.3. The molecule has 166 valence electrons. The van der Waals surface area contributed by atoms with Crippen molar-refractivity contribution in [1.82, 2.24) is 19.6 Å². The van der Waals surface area contributed by atoms with Crippen LogP contribution in [0.2, 0.25) is 0 Å². The standard InChI is InChI=1S/C16H36N4O6P2/c1-18(2)27(21)25-13-16-12-20(6-9-24-16)7-10-28(22,19(3)4)26-14-15-11-17-5-8-23-15/h15-17,27H,5-14H2,1-4H3/t15-,16-,28?/m0/s1. The fourth-order valence-corrected chi connectivity index (χ4v) is 5.23. The zero-order valence-corrected chi connectivity index (χ0v) is 19.4. The summed E-state index contributed by atoms with van der Waals surface area (Å²) in [6.45, 7) is 5.46. The fourth-order valence-electron chi connectivity index (χ4n) is 2.95. The van der Waals surface area contributed by atoms with Crippen molar-refractivity contribution in [2.24, 2.45) is 0 Å². The second kappa shape index (κ2) is 12.1. The first-order valence-corrected chi connectivity index (χ1v) is 12.7. The summed E-state index contributed by atoms with van der Waals surface area (Å²) in [6, 6.07) is 0. The van der Waals surface area contributed by atoms with E-state index >= 15 is 0 Å². The summed E-state index contributed by atoms with van der Waals surface area (Å²) in [5, 5.41) is 3.25. The molecule has 2 aliphatic heterocycles. The summed E-state index contributed by atoms with van der Waals surface area (Å²) < 4.78 is 50.8. The summed E-state index contributed by atoms with van der Waals surface area (Å²) in [5.41, 5.74) is 0. The molecule has 10 nitrogen and oxygen atoms in total. The molecule has 0 spiro atoms. The Labute approximate surface area is 169 Å². The van der Waals surface area contributed by atoms with E-state index in [2.05, 4.69) is 10.2 Å². The van der Waals surface area contributed by atoms with Gasteiger partial charge in [-0.15, -0.1) is 0 Å². The number of morpholine rings is 2. The Kier molecular flexibility index (Phi) is 10.6. The van der Waals surface area contributed by atoms with Crippen LogP contribution >= 0.6 is 15.7 Å². The quantitative estimate of drug-likeness (QED) is 0.454. The lowest BCUT2D eigenvalue weighted by molar-refractivity contribution is -0.0461. The maximum Gasteiger partial charge on any atom is 0.273 e. The minimum Gasteiger partial charge on any atom is -0.373 e. The van der Waals surface area contributed by atoms with Crippen LogP contribution in [0.15, 0.2) is 0 Å². The van der Waals surface area contributed by atoms with Gasteiger partial charge >= 0.3 is 0 Å². The van der Waals surface area contributed by atoms with E-state index in [1.807, 2.05) is 0 Å². The number of hydrogen-bond acceptors (Lipinski definition) is 8. The van der Waals surface area contributed by atoms with Crippen LogP contribution in [0.4, 0.5) is 0 Å². The van der Waals surface area contributed by atoms with Gasteiger partial charge in [-0.1, -0.05) is 0 Å². The van der Waals surface area contributed by atoms with Gasteiger partial charge in [0.25, 0.3) is 15.7 Å². The van der Waals surface area contributed by atoms with Gasteiger partial charge in [0.05, 0.1) is 44.8 Å². The van der Waals surface area contributed by atoms with E-state index in [1.54, 1.807) is 37.5 Å². The molecule has 0 aromatic heterocycles. The number of nitrogens with zero attached hydrogens (tertiary/aromatic N) is 3. The fraction of sp³-hybridized carbons (Fsp3) is 1.00. The van der Waals surface area contributed by atoms with Crippen LogP contribution < -0.4 is 5.32 Å². The van der Waals surface area contributed by atoms with E-state index in [1.165, 1.54) is 0 Å². The Hall–Kier alpha value is 0.140. The Balaban J connectivity index is 1.78. The van der Waals surface area contributed by atoms with E-state index in [0.717, 1.165) is 13.1 Å². The van der Waals surface area contributed by atoms with Crippen molar-refractivity contribution in [3.63, 3.8) is 0 Å². The second-order valence-electron chi connectivity index (χ2n) is 7.47. The SMILES string of the molecule is CN(C)[PH](=O)OC[C@@H]1CN(CCP(=O)(OC[C@@H]2CNCCO2)N(C)C)CCO1. The smallest absolute Gasteiger partial charge is 0.273 e. The molecular formula is C16H36N4O6P2. The molecule has 0 aliphatic carbocycles. The third kappa shape index (κ3) is 8.11. The molecule has 2 rings (SSSR count). The number of rotatable bonds is 11. The summed E-state index contributed by atoms with van der Waals surface area (Å²) in [6.07, 6.45) is 0.234. The van der Waals surface area contributed by atoms with E-state index in [0.29, 0.717) is 52.2 Å². The van der Waals surface area contributed by atoms with Gasteiger partial charge in [-0.05, 0) is 28.2 Å². The van der Waals surface area contributed by atoms with Crippen LogP contribution in [0.3, 0.4) is 0 Å². The van der Waals surface area contributed by atoms with Crippen molar-refractivity contribution >= 4 is 15.7 Å². The number of hydrogen-bond donors (Lipinski definition) is 1. The normalized spacial score (nSPS) is 27.8. The van der Waals surface area contributed by atoms with Crippen molar-refractivity contribution in [3.05, 3.63) is 0 Å². The highest BCUT2D eigenvalue weighted by Crippen LogP contribution is 2.48. The lowest BCUT2D eigenvalue weighted by Crippen LogP contribution is -2.45. The molecule has 4 atom stereocenters. The summed E-state index contributed by atoms with van der Waals surface area (Å²) in [5.74, 6) is 0. The predicted octanol–water partition coefficient (Wildman–Crippen LogP) is 0.415. The highest BCUT2D eigenvalue weighted by molar-refractivity contribution is 7.56. The van der Waals surface area contributed by atoms with E-state index in [-0.39, 0.29) is 12.2 Å². The van der Waals surface area contributed by atoms with Crippen LogP contribution in [0.25, 0.3) is 0 Å². The Morgan fingerprint density at radius 2 is 1.93 bits per heavy atom. The maximum absolute atomic E-state index is 13.3. The van der Waals surface area contributed by atoms with Crippen LogP contribution in [0.1, 0.15) is 0 Å². The molecule has 0 aromatic carbocycles. The Morgan fingerprint density at radius 1 is 1.18 bits per heavy atom. The highest BCUT2D eigenvalue weighted by atomic mass is 31.2. The highest BCUT2D eigenvalue weighted by Gasteiger charge is 2.30. The molecule has 0 radical (unpaired) electrons. The van der Waals surface area contributed by atoms with Gasteiger partial charge in [0.15, 0.2) is 0 Å². The van der Waals surface area contributed by atoms with E-state index < -0.39 is 15.7 Å². The van der Waals surface area contributed by atoms with Crippen LogP contribution in [-0.4, -0.2) is 120 Å². The first kappa shape index (κ1) is 24.4. The molecular weight excluding hydrogens is 406 g/mol. The summed E-state index contributed by atoms with van der Waals surface area (Å²) >= 11 is 0. The van der Waals surface area contributed by atoms with E-state index in [9.17, 15) is 9.13 Å². The van der Waals surface area contributed by atoms with Crippen molar-refractivity contribution in [1.29, 1.82) is 0 Å². The Bertz CT molecular complexity index is 533. The molecule has 2 fully saturated rings. The van der Waals surface area contributed by atoms with Gasteiger partial charge < -0.3 is 23.8 Å². The first-order valence-electron chi connectivity index (χ1n) is 9.72. The topological polar surface area (TPSA) is 92.8 Å². The molecule has 2 unspecified atom stereocenters. The van der Waals surface area contributed by atoms with Gasteiger partial charge in [0.1, 0.15) is 0 Å². The maximum atomic E-state index is 13.3. The van der Waals surface area contributed by atoms with Crippen LogP contribution in [0.5, 0.6) is 0 Å². The summed E-state index contributed by atoms with van der Waals surface area (Å²) in [4.78, 5) is 2.20. The van der Waals surface area contributed by atoms with Crippen molar-refractivity contribution < 1.29 is 27.7 Å². The number of ether oxygens (including phenoxy) is 2. The molecule has 1 N–H and O–H groups in total. The van der Waals surface area contributed by atoms with E-state index in [4.69, 9.17) is 18.5 Å². The number of nitrogens with one attached hydrogen (secondary N) is 1. The largest absolute Gasteiger partial charge is 0.373 e. The average molecular weight is 442 g/mol. The minimum absolute atomic E-state index is 0.0632. The van der Waals surface area contributed by atoms with Crippen molar-refractivity contribution in [2.75, 3.05) is 93.5 Å². The van der Waals surface area contributed by atoms with Gasteiger partial charge in [-0.25, -0.2) is 9.34 Å². The molecule has 2 saturated heterocycles. The Morgan fingerprint density at radius 3 is 2.57 bits per heavy atom. The zero-order valence-electron chi connectivity index (χ0n) is 17.5. The van der Waals surface area contributed by atoms with Crippen LogP contribution in [0, 0.1) is 0 Å². The third-order valence-corrected chi connectivity index (χ3v) is 8.44. The monoisotopic (exact) mass is 442 g/mol. The predicted molar refractivity (Wildman–Crippen MR) is 110 cm³/mol. The van der Waals surface area contributed by atoms with Gasteiger partial charge in [0, 0.05) is 32.7 Å². The van der Waals surface area contributed by atoms with Gasteiger partial charge in [-0.3, -0.25) is 14.0 Å². The molecule has 2 heterocycles. The zero-order chi connectivity index (χ0) is 20.6. The van der Waals surface area contributed by atoms with Gasteiger partial charge in [-0.2, -0.15) is 0 Å². The van der Waals surface area contributed by atoms with Crippen LogP contribution in [-0.2, 0) is 27.7 Å². The average Bonchev–Trinajstić information content (AvgIpc) is 2.69. The molecule has 0 aromatic rings. The minimum atomic E-state index is -2.93. The second-order valence-corrected chi connectivity index (χ2v) is 12.0. The van der Waals surface area contributed by atoms with Gasteiger partial charge in [0.2, 0.25) is 0 Å². The van der Waals surface area contributed by atoms with Crippen molar-refractivity contribution in [2.45, 2.75) is 12.2 Å². The lowest BCUT2D eigenvalue weighted by atomic mass is 10.3. The summed E-state index contributed by atoms with van der Waals surface area (Å²) in [7, 11) is 1.91. The molecule has 28 heavy (non-hydrogen) atoms. The molecule has 0 amide bonds. The molecule has 0 bridgehead atoms. The lowest BCUT2D eigenvalue weighted by Gasteiger charge is -2.34. The molecule has 12 heteroatoms.